The Labute approximate surface area is 279 Å². The molecule has 3 fully saturated rings. The van der Waals surface area contributed by atoms with Gasteiger partial charge in [0.15, 0.2) is 0 Å². The summed E-state index contributed by atoms with van der Waals surface area (Å²) in [5.74, 6) is 0.521. The first-order valence-electron chi connectivity index (χ1n) is 17.4. The van der Waals surface area contributed by atoms with Gasteiger partial charge >= 0.3 is 0 Å². The number of hydrogen-bond acceptors (Lipinski definition) is 8. The molecule has 0 radical (unpaired) electrons. The summed E-state index contributed by atoms with van der Waals surface area (Å²) in [6.07, 6.45) is 9.17. The average molecular weight is 634 g/mol. The molecule has 4 aliphatic rings. The van der Waals surface area contributed by atoms with Gasteiger partial charge in [-0.3, -0.25) is 9.69 Å². The number of likely N-dealkylation sites (tertiary alicyclic amines) is 2. The van der Waals surface area contributed by atoms with E-state index in [0.717, 1.165) is 62.3 Å². The molecule has 5 heterocycles. The molecule has 0 saturated carbocycles. The predicted molar refractivity (Wildman–Crippen MR) is 187 cm³/mol. The second-order valence-electron chi connectivity index (χ2n) is 13.7. The Morgan fingerprint density at radius 2 is 1.74 bits per heavy atom. The fourth-order valence-corrected chi connectivity index (χ4v) is 8.06. The lowest BCUT2D eigenvalue weighted by Crippen LogP contribution is -2.49. The number of pyridine rings is 1. The van der Waals surface area contributed by atoms with Gasteiger partial charge in [0, 0.05) is 67.5 Å². The third-order valence-electron chi connectivity index (χ3n) is 10.9. The minimum absolute atomic E-state index is 0.0768. The van der Waals surface area contributed by atoms with Gasteiger partial charge in [0.05, 0.1) is 17.9 Å². The molecular formula is C38H47N7O2. The maximum Gasteiger partial charge on any atom is 0.246 e. The van der Waals surface area contributed by atoms with E-state index in [1.54, 1.807) is 6.08 Å². The molecule has 2 atom stereocenters. The van der Waals surface area contributed by atoms with E-state index in [-0.39, 0.29) is 5.91 Å². The Hall–Kier alpha value is -4.13. The lowest BCUT2D eigenvalue weighted by Gasteiger charge is -2.39. The van der Waals surface area contributed by atoms with Gasteiger partial charge in [0.25, 0.3) is 0 Å². The Morgan fingerprint density at radius 1 is 0.979 bits per heavy atom. The number of benzene rings is 2. The van der Waals surface area contributed by atoms with Gasteiger partial charge in [-0.1, -0.05) is 36.4 Å². The number of hydrogen-bond donors (Lipinski definition) is 0. The van der Waals surface area contributed by atoms with Gasteiger partial charge in [0.2, 0.25) is 11.8 Å². The lowest BCUT2D eigenvalue weighted by molar-refractivity contribution is -0.126. The lowest BCUT2D eigenvalue weighted by atomic mass is 9.96. The SMILES string of the molecule is Cc1cccc2cccc(N3CCc4c(nc(OCC5CCCN5C)c(C#N)c4N4CCN(C(=O)/C=C\C5CCCN5C)CC4)C3)c12. The number of ether oxygens (including phenoxy) is 1. The van der Waals surface area contributed by atoms with Crippen LogP contribution in [0.15, 0.2) is 48.6 Å². The molecule has 47 heavy (non-hydrogen) atoms. The Kier molecular flexibility index (Phi) is 9.07. The van der Waals surface area contributed by atoms with E-state index in [1.165, 1.54) is 28.4 Å². The van der Waals surface area contributed by atoms with Crippen molar-refractivity contribution < 1.29 is 9.53 Å². The van der Waals surface area contributed by atoms with Crippen molar-refractivity contribution in [3.63, 3.8) is 0 Å². The van der Waals surface area contributed by atoms with E-state index in [9.17, 15) is 10.1 Å². The first-order chi connectivity index (χ1) is 22.9. The van der Waals surface area contributed by atoms with E-state index < -0.39 is 0 Å². The number of carbonyl (C=O) groups is 1. The molecule has 246 valence electrons. The van der Waals surface area contributed by atoms with Crippen LogP contribution >= 0.6 is 0 Å². The van der Waals surface area contributed by atoms with Crippen LogP contribution in [0.1, 0.15) is 48.1 Å². The highest BCUT2D eigenvalue weighted by Crippen LogP contribution is 2.39. The van der Waals surface area contributed by atoms with Gasteiger partial charge in [0.1, 0.15) is 18.2 Å². The van der Waals surface area contributed by atoms with Crippen LogP contribution in [0.2, 0.25) is 0 Å². The average Bonchev–Trinajstić information content (AvgIpc) is 3.71. The summed E-state index contributed by atoms with van der Waals surface area (Å²) in [5, 5.41) is 13.1. The summed E-state index contributed by atoms with van der Waals surface area (Å²) in [6, 6.07) is 16.2. The van der Waals surface area contributed by atoms with Crippen LogP contribution in [0.25, 0.3) is 10.8 Å². The number of amides is 1. The first kappa shape index (κ1) is 31.5. The van der Waals surface area contributed by atoms with Gasteiger partial charge in [-0.05, 0) is 83.2 Å². The van der Waals surface area contributed by atoms with Crippen LogP contribution in [0.3, 0.4) is 0 Å². The molecule has 1 aromatic heterocycles. The Balaban J connectivity index is 1.17. The first-order valence-corrected chi connectivity index (χ1v) is 17.4. The molecule has 0 aliphatic carbocycles. The topological polar surface area (TPSA) is 79.2 Å². The van der Waals surface area contributed by atoms with Gasteiger partial charge in [-0.15, -0.1) is 0 Å². The van der Waals surface area contributed by atoms with Gasteiger partial charge in [-0.2, -0.15) is 5.26 Å². The molecule has 7 rings (SSSR count). The van der Waals surface area contributed by atoms with E-state index in [0.29, 0.717) is 62.9 Å². The maximum absolute atomic E-state index is 13.2. The molecule has 0 bridgehead atoms. The summed E-state index contributed by atoms with van der Waals surface area (Å²) < 4.78 is 6.46. The quantitative estimate of drug-likeness (QED) is 0.345. The van der Waals surface area contributed by atoms with Crippen LogP contribution in [-0.4, -0.2) is 104 Å². The van der Waals surface area contributed by atoms with Gasteiger partial charge in [-0.25, -0.2) is 4.98 Å². The normalized spacial score (nSPS) is 22.3. The summed E-state index contributed by atoms with van der Waals surface area (Å²) in [6.45, 7) is 8.93. The second kappa shape index (κ2) is 13.5. The van der Waals surface area contributed by atoms with Crippen LogP contribution in [0.4, 0.5) is 11.4 Å². The van der Waals surface area contributed by atoms with E-state index >= 15 is 0 Å². The molecular weight excluding hydrogens is 586 g/mol. The minimum atomic E-state index is 0.0768. The fraction of sp³-hybridized carbons (Fsp3) is 0.500. The van der Waals surface area contributed by atoms with Crippen LogP contribution in [0, 0.1) is 18.3 Å². The fourth-order valence-electron chi connectivity index (χ4n) is 8.06. The number of likely N-dealkylation sites (N-methyl/N-ethyl adjacent to an activating group) is 2. The van der Waals surface area contributed by atoms with Crippen molar-refractivity contribution in [3.8, 4) is 11.9 Å². The number of nitrogens with zero attached hydrogens (tertiary/aromatic N) is 7. The van der Waals surface area contributed by atoms with Crippen molar-refractivity contribution in [1.29, 1.82) is 5.26 Å². The zero-order valence-corrected chi connectivity index (χ0v) is 28.1. The number of fused-ring (bicyclic) bond motifs is 2. The highest BCUT2D eigenvalue weighted by Gasteiger charge is 2.32. The largest absolute Gasteiger partial charge is 0.475 e. The number of aromatic nitrogens is 1. The zero-order chi connectivity index (χ0) is 32.5. The van der Waals surface area contributed by atoms with Crippen molar-refractivity contribution in [1.82, 2.24) is 19.7 Å². The highest BCUT2D eigenvalue weighted by atomic mass is 16.5. The predicted octanol–water partition coefficient (Wildman–Crippen LogP) is 4.75. The van der Waals surface area contributed by atoms with E-state index in [1.807, 2.05) is 4.90 Å². The molecule has 3 saturated heterocycles. The molecule has 0 N–H and O–H groups in total. The third kappa shape index (κ3) is 6.29. The minimum Gasteiger partial charge on any atom is -0.475 e. The molecule has 0 spiro atoms. The highest BCUT2D eigenvalue weighted by molar-refractivity contribution is 5.97. The molecule has 9 nitrogen and oxygen atoms in total. The maximum atomic E-state index is 13.2. The molecule has 4 aliphatic heterocycles. The number of piperazine rings is 1. The summed E-state index contributed by atoms with van der Waals surface area (Å²) >= 11 is 0. The van der Waals surface area contributed by atoms with Crippen LogP contribution in [0.5, 0.6) is 5.88 Å². The number of carbonyl (C=O) groups excluding carboxylic acids is 1. The Morgan fingerprint density at radius 3 is 2.47 bits per heavy atom. The molecule has 1 amide bonds. The number of nitriles is 1. The van der Waals surface area contributed by atoms with E-state index in [2.05, 4.69) is 89.2 Å². The summed E-state index contributed by atoms with van der Waals surface area (Å²) in [7, 11) is 4.27. The van der Waals surface area contributed by atoms with Crippen LogP contribution < -0.4 is 14.5 Å². The van der Waals surface area contributed by atoms with Crippen molar-refractivity contribution in [2.24, 2.45) is 0 Å². The smallest absolute Gasteiger partial charge is 0.246 e. The van der Waals surface area contributed by atoms with E-state index in [4.69, 9.17) is 9.72 Å². The van der Waals surface area contributed by atoms with Crippen LogP contribution in [-0.2, 0) is 17.8 Å². The number of rotatable bonds is 7. The summed E-state index contributed by atoms with van der Waals surface area (Å²) in [5.41, 5.74) is 6.09. The standard InChI is InChI=1S/C38H47N7O2/c1-27-8-4-9-28-10-5-13-34(36(27)28)45-19-16-31-33(25-45)40-38(47-26-30-12-7-18-42(30)3)32(24-39)37(31)44-22-20-43(21-23-44)35(46)15-14-29-11-6-17-41(29)2/h4-5,8-10,13-15,29-30H,6-7,11-12,16-23,25-26H2,1-3H3/b15-14-. The zero-order valence-electron chi connectivity index (χ0n) is 28.1. The van der Waals surface area contributed by atoms with Crippen molar-refractivity contribution in [3.05, 3.63) is 70.9 Å². The second-order valence-corrected chi connectivity index (χ2v) is 13.7. The molecule has 2 unspecified atom stereocenters. The molecule has 9 heteroatoms. The third-order valence-corrected chi connectivity index (χ3v) is 10.9. The monoisotopic (exact) mass is 633 g/mol. The Bertz CT molecular complexity index is 1700. The van der Waals surface area contributed by atoms with Gasteiger partial charge < -0.3 is 24.3 Å². The number of aryl methyl sites for hydroxylation is 1. The van der Waals surface area contributed by atoms with Crippen molar-refractivity contribution in [2.45, 2.75) is 57.7 Å². The molecule has 2 aromatic carbocycles. The molecule has 3 aromatic rings. The van der Waals surface area contributed by atoms with Crippen molar-refractivity contribution in [2.75, 3.05) is 76.3 Å². The van der Waals surface area contributed by atoms with Crippen molar-refractivity contribution >= 4 is 28.1 Å². The number of anilines is 2. The summed E-state index contributed by atoms with van der Waals surface area (Å²) in [4.78, 5) is 29.6.